The molecule has 0 saturated heterocycles. The van der Waals surface area contributed by atoms with Gasteiger partial charge in [0.2, 0.25) is 0 Å². The first-order valence-electron chi connectivity index (χ1n) is 6.51. The molecule has 2 atom stereocenters. The highest BCUT2D eigenvalue weighted by Gasteiger charge is 2.31. The number of benzene rings is 1. The van der Waals surface area contributed by atoms with Gasteiger partial charge in [-0.1, -0.05) is 6.42 Å². The second-order valence-electron chi connectivity index (χ2n) is 5.34. The molecule has 0 spiro atoms. The molecule has 0 radical (unpaired) electrons. The van der Waals surface area contributed by atoms with Gasteiger partial charge in [0.1, 0.15) is 0 Å². The fourth-order valence-corrected chi connectivity index (χ4v) is 5.04. The Morgan fingerprint density at radius 3 is 2.05 bits per heavy atom. The summed E-state index contributed by atoms with van der Waals surface area (Å²) in [5, 5.41) is -0.463. The van der Waals surface area contributed by atoms with E-state index >= 15 is 0 Å². The normalized spacial score (nSPS) is 24.5. The van der Waals surface area contributed by atoms with Gasteiger partial charge >= 0.3 is 0 Å². The van der Waals surface area contributed by atoms with Gasteiger partial charge in [-0.3, -0.25) is 0 Å². The molecule has 1 aromatic rings. The molecule has 1 aliphatic carbocycles. The third-order valence-electron chi connectivity index (χ3n) is 3.69. The summed E-state index contributed by atoms with van der Waals surface area (Å²) in [7, 11) is -6.75. The van der Waals surface area contributed by atoms with Crippen LogP contribution >= 0.6 is 0 Å². The summed E-state index contributed by atoms with van der Waals surface area (Å²) in [5.74, 6) is 0. The van der Waals surface area contributed by atoms with Crippen molar-refractivity contribution in [3.63, 3.8) is 0 Å². The number of hydrogen-bond acceptors (Lipinski definition) is 5. The summed E-state index contributed by atoms with van der Waals surface area (Å²) in [4.78, 5) is 0.292. The number of rotatable bonds is 3. The van der Waals surface area contributed by atoms with Crippen LogP contribution in [0.15, 0.2) is 34.1 Å². The smallest absolute Gasteiger partial charge is 0.181 e. The van der Waals surface area contributed by atoms with Crippen molar-refractivity contribution in [3.05, 3.63) is 24.3 Å². The quantitative estimate of drug-likeness (QED) is 0.902. The van der Waals surface area contributed by atoms with Gasteiger partial charge in [0.05, 0.1) is 15.0 Å². The Labute approximate surface area is 120 Å². The van der Waals surface area contributed by atoms with E-state index in [0.717, 1.165) is 19.1 Å². The Bertz CT molecular complexity index is 678. The first-order valence-corrected chi connectivity index (χ1v) is 9.94. The Morgan fingerprint density at radius 2 is 1.55 bits per heavy atom. The second-order valence-corrected chi connectivity index (χ2v) is 9.58. The maximum atomic E-state index is 12.5. The number of nitrogens with two attached hydrogens (primary N) is 1. The van der Waals surface area contributed by atoms with Gasteiger partial charge in [0, 0.05) is 12.3 Å². The van der Waals surface area contributed by atoms with Crippen LogP contribution in [0.3, 0.4) is 0 Å². The molecule has 5 nitrogen and oxygen atoms in total. The van der Waals surface area contributed by atoms with E-state index in [1.165, 1.54) is 24.3 Å². The largest absolute Gasteiger partial charge is 0.328 e. The predicted molar refractivity (Wildman–Crippen MR) is 77.0 cm³/mol. The molecule has 1 aliphatic rings. The fourth-order valence-electron chi connectivity index (χ4n) is 2.53. The van der Waals surface area contributed by atoms with Crippen LogP contribution < -0.4 is 5.73 Å². The highest BCUT2D eigenvalue weighted by molar-refractivity contribution is 7.92. The molecule has 0 bridgehead atoms. The molecule has 112 valence electrons. The first kappa shape index (κ1) is 15.5. The zero-order valence-electron chi connectivity index (χ0n) is 11.3. The lowest BCUT2D eigenvalue weighted by Gasteiger charge is -2.26. The second kappa shape index (κ2) is 5.46. The van der Waals surface area contributed by atoms with E-state index in [4.69, 9.17) is 5.73 Å². The minimum absolute atomic E-state index is 0.0705. The van der Waals surface area contributed by atoms with Crippen LogP contribution in [0.2, 0.25) is 0 Å². The third kappa shape index (κ3) is 3.21. The summed E-state index contributed by atoms with van der Waals surface area (Å²) in [5.41, 5.74) is 5.84. The average Bonchev–Trinajstić information content (AvgIpc) is 2.38. The van der Waals surface area contributed by atoms with Crippen molar-refractivity contribution in [3.8, 4) is 0 Å². The molecule has 1 fully saturated rings. The summed E-state index contributed by atoms with van der Waals surface area (Å²) < 4.78 is 47.7. The molecule has 2 N–H and O–H groups in total. The molecule has 1 aromatic carbocycles. The van der Waals surface area contributed by atoms with Gasteiger partial charge < -0.3 is 5.73 Å². The minimum Gasteiger partial charge on any atom is -0.328 e. The lowest BCUT2D eigenvalue weighted by atomic mass is 9.96. The van der Waals surface area contributed by atoms with Crippen molar-refractivity contribution in [2.24, 2.45) is 5.73 Å². The number of hydrogen-bond donors (Lipinski definition) is 1. The molecule has 1 saturated carbocycles. The zero-order chi connectivity index (χ0) is 15.0. The lowest BCUT2D eigenvalue weighted by Crippen LogP contribution is -2.35. The van der Waals surface area contributed by atoms with E-state index in [2.05, 4.69) is 0 Å². The van der Waals surface area contributed by atoms with Crippen LogP contribution in [0.1, 0.15) is 25.7 Å². The molecule has 7 heteroatoms. The van der Waals surface area contributed by atoms with Crippen molar-refractivity contribution in [1.29, 1.82) is 0 Å². The predicted octanol–water partition coefficient (Wildman–Crippen LogP) is 1.13. The molecule has 2 rings (SSSR count). The van der Waals surface area contributed by atoms with Crippen molar-refractivity contribution in [2.45, 2.75) is 46.8 Å². The van der Waals surface area contributed by atoms with E-state index < -0.39 is 24.9 Å². The average molecular weight is 317 g/mol. The molecule has 0 aromatic heterocycles. The third-order valence-corrected chi connectivity index (χ3v) is 7.05. The molecular weight excluding hydrogens is 298 g/mol. The van der Waals surface area contributed by atoms with Gasteiger partial charge in [-0.15, -0.1) is 0 Å². The molecule has 0 aliphatic heterocycles. The summed E-state index contributed by atoms with van der Waals surface area (Å²) in [6.07, 6.45) is 3.85. The Hall–Kier alpha value is -0.920. The van der Waals surface area contributed by atoms with E-state index in [-0.39, 0.29) is 15.8 Å². The highest BCUT2D eigenvalue weighted by Crippen LogP contribution is 2.28. The van der Waals surface area contributed by atoms with Gasteiger partial charge in [0.15, 0.2) is 19.7 Å². The number of sulfone groups is 2. The van der Waals surface area contributed by atoms with Gasteiger partial charge in [0.25, 0.3) is 0 Å². The Kier molecular flexibility index (Phi) is 4.22. The monoisotopic (exact) mass is 317 g/mol. The molecule has 0 amide bonds. The SMILES string of the molecule is CS(=O)(=O)c1ccc(S(=O)(=O)C2CCCC(N)C2)cc1. The topological polar surface area (TPSA) is 94.3 Å². The van der Waals surface area contributed by atoms with E-state index in [1.54, 1.807) is 0 Å². The lowest BCUT2D eigenvalue weighted by molar-refractivity contribution is 0.433. The van der Waals surface area contributed by atoms with E-state index in [0.29, 0.717) is 12.8 Å². The van der Waals surface area contributed by atoms with Crippen molar-refractivity contribution >= 4 is 19.7 Å². The zero-order valence-corrected chi connectivity index (χ0v) is 13.0. The van der Waals surface area contributed by atoms with Crippen LogP contribution in [0.4, 0.5) is 0 Å². The Morgan fingerprint density at radius 1 is 1.00 bits per heavy atom. The molecular formula is C13H19NO4S2. The fraction of sp³-hybridized carbons (Fsp3) is 0.538. The molecule has 2 unspecified atom stereocenters. The minimum atomic E-state index is -3.43. The van der Waals surface area contributed by atoms with Crippen molar-refractivity contribution < 1.29 is 16.8 Å². The van der Waals surface area contributed by atoms with Crippen LogP contribution in [0.5, 0.6) is 0 Å². The van der Waals surface area contributed by atoms with Gasteiger partial charge in [-0.2, -0.15) is 0 Å². The highest BCUT2D eigenvalue weighted by atomic mass is 32.2. The summed E-state index contributed by atoms with van der Waals surface area (Å²) >= 11 is 0. The van der Waals surface area contributed by atoms with Gasteiger partial charge in [-0.05, 0) is 43.5 Å². The van der Waals surface area contributed by atoms with E-state index in [9.17, 15) is 16.8 Å². The van der Waals surface area contributed by atoms with Crippen molar-refractivity contribution in [1.82, 2.24) is 0 Å². The first-order chi connectivity index (χ1) is 9.21. The van der Waals surface area contributed by atoms with E-state index in [1.807, 2.05) is 0 Å². The Balaban J connectivity index is 2.30. The van der Waals surface area contributed by atoms with Crippen LogP contribution in [-0.4, -0.2) is 34.4 Å². The van der Waals surface area contributed by atoms with Crippen LogP contribution in [0, 0.1) is 0 Å². The summed E-state index contributed by atoms with van der Waals surface area (Å²) in [6.45, 7) is 0. The van der Waals surface area contributed by atoms with Crippen LogP contribution in [0.25, 0.3) is 0 Å². The van der Waals surface area contributed by atoms with Crippen LogP contribution in [-0.2, 0) is 19.7 Å². The van der Waals surface area contributed by atoms with Gasteiger partial charge in [-0.25, -0.2) is 16.8 Å². The molecule has 0 heterocycles. The maximum Gasteiger partial charge on any atom is 0.181 e. The standard InChI is InChI=1S/C13H19NO4S2/c1-19(15,16)11-5-7-12(8-6-11)20(17,18)13-4-2-3-10(14)9-13/h5-8,10,13H,2-4,9,14H2,1H3. The molecule has 20 heavy (non-hydrogen) atoms. The summed E-state index contributed by atoms with van der Waals surface area (Å²) in [6, 6.07) is 5.34. The maximum absolute atomic E-state index is 12.5. The van der Waals surface area contributed by atoms with Crippen molar-refractivity contribution in [2.75, 3.05) is 6.26 Å².